The van der Waals surface area contributed by atoms with Gasteiger partial charge in [-0.05, 0) is 49.1 Å². The normalized spacial score (nSPS) is 12.0. The molecule has 1 N–H and O–H groups in total. The van der Waals surface area contributed by atoms with Crippen LogP contribution in [0.5, 0.6) is 0 Å². The van der Waals surface area contributed by atoms with Crippen molar-refractivity contribution in [2.24, 2.45) is 0 Å². The van der Waals surface area contributed by atoms with E-state index in [4.69, 9.17) is 4.52 Å². The molecule has 2 heterocycles. The minimum Gasteiger partial charge on any atom is -0.380 e. The van der Waals surface area contributed by atoms with Crippen LogP contribution in [0.1, 0.15) is 39.5 Å². The number of aryl methyl sites for hydroxylation is 1. The van der Waals surface area contributed by atoms with Crippen LogP contribution < -0.4 is 5.32 Å². The van der Waals surface area contributed by atoms with Crippen molar-refractivity contribution in [1.82, 2.24) is 10.1 Å². The van der Waals surface area contributed by atoms with Crippen molar-refractivity contribution < 1.29 is 9.32 Å². The van der Waals surface area contributed by atoms with E-state index in [1.54, 1.807) is 29.4 Å². The van der Waals surface area contributed by atoms with Gasteiger partial charge in [0.25, 0.3) is 5.91 Å². The van der Waals surface area contributed by atoms with E-state index in [1.165, 1.54) is 16.7 Å². The van der Waals surface area contributed by atoms with Gasteiger partial charge >= 0.3 is 0 Å². The van der Waals surface area contributed by atoms with Crippen LogP contribution in [0.3, 0.4) is 0 Å². The van der Waals surface area contributed by atoms with Gasteiger partial charge in [0.15, 0.2) is 0 Å². The number of hydrogen-bond donors (Lipinski definition) is 1. The summed E-state index contributed by atoms with van der Waals surface area (Å²) in [6.07, 6.45) is 1.52. The molecule has 5 nitrogen and oxygen atoms in total. The molecule has 0 spiro atoms. The number of carbonyl (C=O) groups excluding carboxylic acids is 1. The van der Waals surface area contributed by atoms with Gasteiger partial charge in [-0.2, -0.15) is 0 Å². The maximum atomic E-state index is 12.8. The summed E-state index contributed by atoms with van der Waals surface area (Å²) in [4.78, 5) is 15.7. The number of nitrogens with one attached hydrogen (secondary N) is 1. The monoisotopic (exact) mass is 355 g/mol. The molecule has 3 rings (SSSR count). The first-order valence-corrected chi connectivity index (χ1v) is 8.98. The van der Waals surface area contributed by atoms with Crippen molar-refractivity contribution in [3.63, 3.8) is 0 Å². The average Bonchev–Trinajstić information content (AvgIpc) is 3.30. The van der Waals surface area contributed by atoms with Crippen LogP contribution in [0.4, 0.5) is 5.69 Å². The molecule has 0 aliphatic heterocycles. The van der Waals surface area contributed by atoms with Gasteiger partial charge < -0.3 is 14.7 Å². The average molecular weight is 355 g/mol. The Morgan fingerprint density at radius 1 is 1.36 bits per heavy atom. The highest BCUT2D eigenvalue weighted by atomic mass is 32.1. The molecule has 25 heavy (non-hydrogen) atoms. The van der Waals surface area contributed by atoms with E-state index in [-0.39, 0.29) is 11.9 Å². The molecule has 130 valence electrons. The van der Waals surface area contributed by atoms with Gasteiger partial charge in [-0.25, -0.2) is 0 Å². The Hall–Kier alpha value is -2.60. The van der Waals surface area contributed by atoms with Crippen LogP contribution >= 0.6 is 11.3 Å². The number of nitrogens with zero attached hydrogens (tertiary/aromatic N) is 2. The predicted octanol–water partition coefficient (Wildman–Crippen LogP) is 4.49. The quantitative estimate of drug-likeness (QED) is 0.708. The maximum absolute atomic E-state index is 12.8. The molecule has 0 fully saturated rings. The highest BCUT2D eigenvalue weighted by Gasteiger charge is 2.21. The van der Waals surface area contributed by atoms with E-state index < -0.39 is 0 Å². The number of rotatable bonds is 6. The second kappa shape index (κ2) is 7.53. The third-order valence-corrected chi connectivity index (χ3v) is 5.34. The topological polar surface area (TPSA) is 58.4 Å². The third kappa shape index (κ3) is 3.91. The molecular weight excluding hydrogens is 334 g/mol. The summed E-state index contributed by atoms with van der Waals surface area (Å²) in [5, 5.41) is 9.40. The van der Waals surface area contributed by atoms with E-state index in [0.717, 1.165) is 17.9 Å². The number of amides is 1. The molecule has 1 aromatic carbocycles. The van der Waals surface area contributed by atoms with Crippen molar-refractivity contribution in [3.8, 4) is 0 Å². The Morgan fingerprint density at radius 2 is 2.20 bits per heavy atom. The fourth-order valence-corrected chi connectivity index (χ4v) is 3.39. The second-order valence-electron chi connectivity index (χ2n) is 5.98. The fraction of sp³-hybridized carbons (Fsp3) is 0.263. The van der Waals surface area contributed by atoms with Crippen molar-refractivity contribution >= 4 is 22.9 Å². The molecule has 0 radical (unpaired) electrons. The zero-order valence-corrected chi connectivity index (χ0v) is 15.3. The van der Waals surface area contributed by atoms with E-state index in [2.05, 4.69) is 28.8 Å². The van der Waals surface area contributed by atoms with Crippen molar-refractivity contribution in [3.05, 3.63) is 69.7 Å². The Kier molecular flexibility index (Phi) is 5.19. The first-order chi connectivity index (χ1) is 12.1. The highest BCUT2D eigenvalue weighted by Crippen LogP contribution is 2.22. The highest BCUT2D eigenvalue weighted by molar-refractivity contribution is 7.10. The number of anilines is 1. The van der Waals surface area contributed by atoms with Crippen LogP contribution in [0.2, 0.25) is 0 Å². The molecule has 1 atom stereocenters. The maximum Gasteiger partial charge on any atom is 0.254 e. The molecule has 0 saturated heterocycles. The second-order valence-corrected chi connectivity index (χ2v) is 6.98. The largest absolute Gasteiger partial charge is 0.380 e. The van der Waals surface area contributed by atoms with Gasteiger partial charge in [-0.3, -0.25) is 4.79 Å². The molecule has 0 aliphatic carbocycles. The van der Waals surface area contributed by atoms with Crippen LogP contribution in [-0.4, -0.2) is 23.0 Å². The van der Waals surface area contributed by atoms with Crippen LogP contribution in [0.15, 0.2) is 52.6 Å². The minimum atomic E-state index is -0.156. The van der Waals surface area contributed by atoms with Gasteiger partial charge in [-0.15, -0.1) is 11.3 Å². The van der Waals surface area contributed by atoms with Gasteiger partial charge in [0.05, 0.1) is 6.04 Å². The Morgan fingerprint density at radius 3 is 2.88 bits per heavy atom. The molecule has 3 aromatic rings. The molecular formula is C19H21N3O2S. The molecule has 6 heteroatoms. The van der Waals surface area contributed by atoms with Crippen LogP contribution in [-0.2, 0) is 6.54 Å². The van der Waals surface area contributed by atoms with Crippen molar-refractivity contribution in [1.29, 1.82) is 0 Å². The Labute approximate surface area is 151 Å². The lowest BCUT2D eigenvalue weighted by molar-refractivity contribution is 0.0737. The van der Waals surface area contributed by atoms with Gasteiger partial charge in [0, 0.05) is 35.8 Å². The Bertz CT molecular complexity index is 842. The molecule has 0 bridgehead atoms. The molecule has 2 aromatic heterocycles. The standard InChI is InChI=1S/C19H21N3O2S/c1-13-8-10-25-18(13)12-20-16-6-4-5-15(11-16)19(23)22(3)14(2)17-7-9-24-21-17/h4-11,14,20H,12H2,1-3H3/t14-/m1/s1. The number of aromatic nitrogens is 1. The van der Waals surface area contributed by atoms with Gasteiger partial charge in [0.2, 0.25) is 0 Å². The van der Waals surface area contributed by atoms with Crippen molar-refractivity contribution in [2.75, 3.05) is 12.4 Å². The summed E-state index contributed by atoms with van der Waals surface area (Å²) in [5.41, 5.74) is 3.59. The molecule has 0 saturated carbocycles. The van der Waals surface area contributed by atoms with Crippen molar-refractivity contribution in [2.45, 2.75) is 26.4 Å². The lowest BCUT2D eigenvalue weighted by Crippen LogP contribution is -2.29. The summed E-state index contributed by atoms with van der Waals surface area (Å²) in [6, 6.07) is 11.3. The van der Waals surface area contributed by atoms with E-state index >= 15 is 0 Å². The first kappa shape index (κ1) is 17.2. The van der Waals surface area contributed by atoms with Gasteiger partial charge in [0.1, 0.15) is 12.0 Å². The molecule has 0 unspecified atom stereocenters. The number of hydrogen-bond acceptors (Lipinski definition) is 5. The summed E-state index contributed by atoms with van der Waals surface area (Å²) in [6.45, 7) is 4.79. The lowest BCUT2D eigenvalue weighted by Gasteiger charge is -2.23. The Balaban J connectivity index is 1.70. The SMILES string of the molecule is Cc1ccsc1CNc1cccc(C(=O)N(C)[C@H](C)c2ccon2)c1. The van der Waals surface area contributed by atoms with Gasteiger partial charge in [-0.1, -0.05) is 11.2 Å². The minimum absolute atomic E-state index is 0.0496. The smallest absolute Gasteiger partial charge is 0.254 e. The summed E-state index contributed by atoms with van der Waals surface area (Å²) >= 11 is 1.73. The van der Waals surface area contributed by atoms with Crippen LogP contribution in [0.25, 0.3) is 0 Å². The molecule has 0 aliphatic rings. The number of carbonyl (C=O) groups is 1. The predicted molar refractivity (Wildman–Crippen MR) is 99.8 cm³/mol. The van der Waals surface area contributed by atoms with E-state index in [0.29, 0.717) is 5.56 Å². The number of thiophene rings is 1. The molecule has 1 amide bonds. The van der Waals surface area contributed by atoms with E-state index in [9.17, 15) is 4.79 Å². The zero-order chi connectivity index (χ0) is 17.8. The van der Waals surface area contributed by atoms with Crippen LogP contribution in [0, 0.1) is 6.92 Å². The summed E-state index contributed by atoms with van der Waals surface area (Å²) < 4.78 is 4.87. The summed E-state index contributed by atoms with van der Waals surface area (Å²) in [5.74, 6) is -0.0496. The first-order valence-electron chi connectivity index (χ1n) is 8.10. The summed E-state index contributed by atoms with van der Waals surface area (Å²) in [7, 11) is 1.77. The zero-order valence-electron chi connectivity index (χ0n) is 14.5. The lowest BCUT2D eigenvalue weighted by atomic mass is 10.1. The number of benzene rings is 1. The van der Waals surface area contributed by atoms with E-state index in [1.807, 2.05) is 31.2 Å². The third-order valence-electron chi connectivity index (χ3n) is 4.32. The fourth-order valence-electron chi connectivity index (χ4n) is 2.55.